The summed E-state index contributed by atoms with van der Waals surface area (Å²) in [4.78, 5) is 4.26. The third kappa shape index (κ3) is 2.23. The SMILES string of the molecule is ClCCCc1cn(-c2ccc3ncsc3c2)nn1. The highest BCUT2D eigenvalue weighted by atomic mass is 35.5. The molecule has 2 heterocycles. The van der Waals surface area contributed by atoms with Crippen LogP contribution in [-0.2, 0) is 6.42 Å². The molecule has 0 atom stereocenters. The van der Waals surface area contributed by atoms with Crippen molar-refractivity contribution in [1.82, 2.24) is 20.0 Å². The second-order valence-corrected chi connectivity index (χ2v) is 5.22. The smallest absolute Gasteiger partial charge is 0.0832 e. The summed E-state index contributed by atoms with van der Waals surface area (Å²) in [6.45, 7) is 0. The van der Waals surface area contributed by atoms with Gasteiger partial charge in [0.15, 0.2) is 0 Å². The van der Waals surface area contributed by atoms with E-state index in [2.05, 4.69) is 21.4 Å². The van der Waals surface area contributed by atoms with Crippen LogP contribution in [0.1, 0.15) is 12.1 Å². The number of aryl methyl sites for hydroxylation is 1. The van der Waals surface area contributed by atoms with Crippen molar-refractivity contribution in [3.8, 4) is 5.69 Å². The molecule has 0 saturated carbocycles. The fraction of sp³-hybridized carbons (Fsp3) is 0.250. The van der Waals surface area contributed by atoms with Gasteiger partial charge in [-0.25, -0.2) is 9.67 Å². The van der Waals surface area contributed by atoms with E-state index >= 15 is 0 Å². The minimum atomic E-state index is 0.652. The quantitative estimate of drug-likeness (QED) is 0.689. The van der Waals surface area contributed by atoms with Crippen LogP contribution in [0.3, 0.4) is 0 Å². The number of hydrogen-bond acceptors (Lipinski definition) is 4. The van der Waals surface area contributed by atoms with Gasteiger partial charge >= 0.3 is 0 Å². The van der Waals surface area contributed by atoms with E-state index in [0.717, 1.165) is 34.4 Å². The Morgan fingerprint density at radius 1 is 1.33 bits per heavy atom. The maximum atomic E-state index is 5.67. The first-order valence-electron chi connectivity index (χ1n) is 5.67. The molecule has 92 valence electrons. The summed E-state index contributed by atoms with van der Waals surface area (Å²) in [6.07, 6.45) is 3.75. The van der Waals surface area contributed by atoms with Crippen molar-refractivity contribution < 1.29 is 0 Å². The number of thiazole rings is 1. The van der Waals surface area contributed by atoms with Crippen molar-refractivity contribution in [3.05, 3.63) is 35.6 Å². The van der Waals surface area contributed by atoms with E-state index in [1.54, 1.807) is 16.0 Å². The molecule has 0 N–H and O–H groups in total. The van der Waals surface area contributed by atoms with Crippen molar-refractivity contribution in [2.24, 2.45) is 0 Å². The highest BCUT2D eigenvalue weighted by Gasteiger charge is 2.04. The number of halogens is 1. The lowest BCUT2D eigenvalue weighted by Crippen LogP contribution is -1.94. The Labute approximate surface area is 113 Å². The molecule has 1 aromatic carbocycles. The van der Waals surface area contributed by atoms with Gasteiger partial charge in [-0.2, -0.15) is 0 Å². The summed E-state index contributed by atoms with van der Waals surface area (Å²) < 4.78 is 2.95. The van der Waals surface area contributed by atoms with E-state index in [9.17, 15) is 0 Å². The molecule has 0 aliphatic rings. The Morgan fingerprint density at radius 3 is 3.17 bits per heavy atom. The van der Waals surface area contributed by atoms with Crippen molar-refractivity contribution in [2.45, 2.75) is 12.8 Å². The number of hydrogen-bond donors (Lipinski definition) is 0. The van der Waals surface area contributed by atoms with Gasteiger partial charge in [-0.1, -0.05) is 5.21 Å². The first-order chi connectivity index (χ1) is 8.86. The third-order valence-electron chi connectivity index (χ3n) is 2.69. The zero-order chi connectivity index (χ0) is 12.4. The molecule has 3 rings (SSSR count). The molecule has 4 nitrogen and oxygen atoms in total. The van der Waals surface area contributed by atoms with Gasteiger partial charge in [0, 0.05) is 5.88 Å². The fourth-order valence-electron chi connectivity index (χ4n) is 1.77. The van der Waals surface area contributed by atoms with Crippen molar-refractivity contribution in [2.75, 3.05) is 5.88 Å². The number of fused-ring (bicyclic) bond motifs is 1. The van der Waals surface area contributed by atoms with Crippen LogP contribution in [0.2, 0.25) is 0 Å². The molecule has 0 spiro atoms. The predicted molar refractivity (Wildman–Crippen MR) is 73.6 cm³/mol. The zero-order valence-corrected chi connectivity index (χ0v) is 11.2. The zero-order valence-electron chi connectivity index (χ0n) is 9.58. The van der Waals surface area contributed by atoms with Crippen LogP contribution in [0.5, 0.6) is 0 Å². The molecule has 0 aliphatic carbocycles. The van der Waals surface area contributed by atoms with Gasteiger partial charge < -0.3 is 0 Å². The maximum Gasteiger partial charge on any atom is 0.0832 e. The van der Waals surface area contributed by atoms with Gasteiger partial charge in [-0.15, -0.1) is 28.0 Å². The van der Waals surface area contributed by atoms with Gasteiger partial charge in [-0.05, 0) is 31.0 Å². The van der Waals surface area contributed by atoms with E-state index in [4.69, 9.17) is 11.6 Å². The van der Waals surface area contributed by atoms with Gasteiger partial charge in [0.05, 0.1) is 33.3 Å². The van der Waals surface area contributed by atoms with Gasteiger partial charge in [0.25, 0.3) is 0 Å². The molecule has 3 aromatic rings. The van der Waals surface area contributed by atoms with E-state index in [-0.39, 0.29) is 0 Å². The molecule has 0 bridgehead atoms. The van der Waals surface area contributed by atoms with Crippen molar-refractivity contribution >= 4 is 33.2 Å². The van der Waals surface area contributed by atoms with Crippen LogP contribution in [0.15, 0.2) is 29.9 Å². The molecular weight excluding hydrogens is 268 g/mol. The third-order valence-corrected chi connectivity index (χ3v) is 3.75. The lowest BCUT2D eigenvalue weighted by Gasteiger charge is -1.98. The van der Waals surface area contributed by atoms with Gasteiger partial charge in [-0.3, -0.25) is 0 Å². The maximum absolute atomic E-state index is 5.67. The highest BCUT2D eigenvalue weighted by Crippen LogP contribution is 2.20. The molecule has 0 unspecified atom stereocenters. The molecule has 0 saturated heterocycles. The van der Waals surface area contributed by atoms with E-state index < -0.39 is 0 Å². The molecule has 2 aromatic heterocycles. The monoisotopic (exact) mass is 278 g/mol. The molecule has 0 amide bonds. The van der Waals surface area contributed by atoms with Crippen LogP contribution in [-0.4, -0.2) is 25.9 Å². The highest BCUT2D eigenvalue weighted by molar-refractivity contribution is 7.16. The lowest BCUT2D eigenvalue weighted by molar-refractivity contribution is 0.793. The molecule has 0 aliphatic heterocycles. The summed E-state index contributed by atoms with van der Waals surface area (Å²) in [6, 6.07) is 6.08. The lowest BCUT2D eigenvalue weighted by atomic mass is 10.2. The summed E-state index contributed by atoms with van der Waals surface area (Å²) >= 11 is 7.29. The summed E-state index contributed by atoms with van der Waals surface area (Å²) in [5.74, 6) is 0.652. The summed E-state index contributed by atoms with van der Waals surface area (Å²) in [7, 11) is 0. The standard InChI is InChI=1S/C12H11ClN4S/c13-5-1-2-9-7-17(16-15-9)10-3-4-11-12(6-10)18-8-14-11/h3-4,6-8H,1-2,5H2. The predicted octanol–water partition coefficient (Wildman–Crippen LogP) is 3.05. The van der Waals surface area contributed by atoms with Crippen LogP contribution in [0.4, 0.5) is 0 Å². The second kappa shape index (κ2) is 5.04. The van der Waals surface area contributed by atoms with E-state index in [1.165, 1.54) is 0 Å². The van der Waals surface area contributed by atoms with E-state index in [1.807, 2.05) is 23.8 Å². The van der Waals surface area contributed by atoms with Gasteiger partial charge in [0.2, 0.25) is 0 Å². The van der Waals surface area contributed by atoms with Crippen molar-refractivity contribution in [1.29, 1.82) is 0 Å². The number of rotatable bonds is 4. The number of nitrogens with zero attached hydrogens (tertiary/aromatic N) is 4. The Bertz CT molecular complexity index is 661. The average molecular weight is 279 g/mol. The largest absolute Gasteiger partial charge is 0.245 e. The Hall–Kier alpha value is -1.46. The van der Waals surface area contributed by atoms with Crippen LogP contribution in [0.25, 0.3) is 15.9 Å². The van der Waals surface area contributed by atoms with Gasteiger partial charge in [0.1, 0.15) is 0 Å². The fourth-order valence-corrected chi connectivity index (χ4v) is 2.62. The average Bonchev–Trinajstić information content (AvgIpc) is 3.04. The minimum absolute atomic E-state index is 0.652. The summed E-state index contributed by atoms with van der Waals surface area (Å²) in [5, 5.41) is 8.28. The second-order valence-electron chi connectivity index (χ2n) is 3.95. The number of alkyl halides is 1. The molecule has 18 heavy (non-hydrogen) atoms. The van der Waals surface area contributed by atoms with Crippen LogP contribution in [0, 0.1) is 0 Å². The topological polar surface area (TPSA) is 43.6 Å². The molecular formula is C12H11ClN4S. The Kier molecular flexibility index (Phi) is 3.25. The van der Waals surface area contributed by atoms with Crippen molar-refractivity contribution in [3.63, 3.8) is 0 Å². The number of aromatic nitrogens is 4. The Morgan fingerprint density at radius 2 is 2.28 bits per heavy atom. The first-order valence-corrected chi connectivity index (χ1v) is 7.09. The minimum Gasteiger partial charge on any atom is -0.245 e. The molecule has 0 fully saturated rings. The molecule has 6 heteroatoms. The first kappa shape index (κ1) is 11.6. The normalized spacial score (nSPS) is 11.2. The van der Waals surface area contributed by atoms with Crippen LogP contribution < -0.4 is 0 Å². The summed E-state index contributed by atoms with van der Waals surface area (Å²) in [5.41, 5.74) is 4.85. The number of benzene rings is 1. The van der Waals surface area contributed by atoms with Crippen LogP contribution >= 0.6 is 22.9 Å². The van der Waals surface area contributed by atoms with E-state index in [0.29, 0.717) is 5.88 Å². The molecule has 0 radical (unpaired) electrons. The Balaban J connectivity index is 1.90.